The van der Waals surface area contributed by atoms with Crippen LogP contribution in [0.1, 0.15) is 6.92 Å². The highest BCUT2D eigenvalue weighted by molar-refractivity contribution is 8.00. The number of halogens is 1. The molecule has 0 aliphatic carbocycles. The number of carbonyl (C=O) groups excluding carboxylic acids is 1. The topological polar surface area (TPSA) is 40.5 Å². The van der Waals surface area contributed by atoms with Crippen LogP contribution in [-0.4, -0.2) is 41.4 Å². The average Bonchev–Trinajstić information content (AvgIpc) is 2.50. The van der Waals surface area contributed by atoms with Crippen molar-refractivity contribution in [1.82, 2.24) is 4.90 Å². The Morgan fingerprint density at radius 2 is 2.00 bits per heavy atom. The highest BCUT2D eigenvalue weighted by Gasteiger charge is 2.13. The van der Waals surface area contributed by atoms with Gasteiger partial charge in [0.15, 0.2) is 0 Å². The molecular formula is C16H18ClNO2S. The number of fused-ring (bicyclic) bond motifs is 1. The lowest BCUT2D eigenvalue weighted by molar-refractivity contribution is -0.128. The first-order valence-electron chi connectivity index (χ1n) is 6.86. The van der Waals surface area contributed by atoms with Crippen molar-refractivity contribution in [3.8, 4) is 0 Å². The van der Waals surface area contributed by atoms with E-state index in [-0.39, 0.29) is 12.5 Å². The summed E-state index contributed by atoms with van der Waals surface area (Å²) in [5, 5.41) is 11.7. The molecule has 0 fully saturated rings. The van der Waals surface area contributed by atoms with E-state index >= 15 is 0 Å². The van der Waals surface area contributed by atoms with Gasteiger partial charge in [-0.25, -0.2) is 0 Å². The maximum Gasteiger partial charge on any atom is 0.233 e. The standard InChI is InChI=1S/C16H18ClNO2S/c1-2-18(9-10-19)15(20)11-21-14-8-4-6-12-5-3-7-13(17)16(12)14/h3-8,19H,2,9-11H2,1H3. The van der Waals surface area contributed by atoms with Gasteiger partial charge in [0.1, 0.15) is 0 Å². The summed E-state index contributed by atoms with van der Waals surface area (Å²) in [6.45, 7) is 2.89. The largest absolute Gasteiger partial charge is 0.395 e. The molecule has 0 spiro atoms. The van der Waals surface area contributed by atoms with Gasteiger partial charge in [-0.2, -0.15) is 0 Å². The summed E-state index contributed by atoms with van der Waals surface area (Å²) in [6, 6.07) is 11.8. The van der Waals surface area contributed by atoms with Crippen LogP contribution >= 0.6 is 23.4 Å². The predicted octanol–water partition coefficient (Wildman–Crippen LogP) is 3.43. The molecule has 112 valence electrons. The third-order valence-electron chi connectivity index (χ3n) is 3.27. The predicted molar refractivity (Wildman–Crippen MR) is 89.0 cm³/mol. The molecule has 2 aromatic carbocycles. The molecule has 0 aliphatic heterocycles. The number of aliphatic hydroxyl groups is 1. The van der Waals surface area contributed by atoms with E-state index < -0.39 is 0 Å². The number of hydrogen-bond donors (Lipinski definition) is 1. The van der Waals surface area contributed by atoms with E-state index in [2.05, 4.69) is 0 Å². The Kier molecular flexibility index (Phi) is 5.91. The monoisotopic (exact) mass is 323 g/mol. The summed E-state index contributed by atoms with van der Waals surface area (Å²) in [7, 11) is 0. The summed E-state index contributed by atoms with van der Waals surface area (Å²) in [5.41, 5.74) is 0. The van der Waals surface area contributed by atoms with Gasteiger partial charge in [0.05, 0.1) is 12.4 Å². The molecule has 0 atom stereocenters. The summed E-state index contributed by atoms with van der Waals surface area (Å²) >= 11 is 7.76. The highest BCUT2D eigenvalue weighted by atomic mass is 35.5. The minimum absolute atomic E-state index is 0.00958. The molecule has 2 rings (SSSR count). The lowest BCUT2D eigenvalue weighted by Gasteiger charge is -2.19. The molecule has 2 aromatic rings. The van der Waals surface area contributed by atoms with Crippen LogP contribution in [0.2, 0.25) is 5.02 Å². The fraction of sp³-hybridized carbons (Fsp3) is 0.312. The Hall–Kier alpha value is -1.23. The van der Waals surface area contributed by atoms with Crippen molar-refractivity contribution in [2.75, 3.05) is 25.4 Å². The van der Waals surface area contributed by atoms with Crippen molar-refractivity contribution < 1.29 is 9.90 Å². The number of rotatable bonds is 6. The van der Waals surface area contributed by atoms with Crippen molar-refractivity contribution in [2.24, 2.45) is 0 Å². The lowest BCUT2D eigenvalue weighted by atomic mass is 10.1. The van der Waals surface area contributed by atoms with Crippen molar-refractivity contribution >= 4 is 40.0 Å². The van der Waals surface area contributed by atoms with Crippen molar-refractivity contribution in [3.63, 3.8) is 0 Å². The number of benzene rings is 2. The Morgan fingerprint density at radius 3 is 2.67 bits per heavy atom. The molecule has 0 aliphatic rings. The zero-order valence-corrected chi connectivity index (χ0v) is 13.5. The molecule has 5 heteroatoms. The van der Waals surface area contributed by atoms with Crippen LogP contribution < -0.4 is 0 Å². The van der Waals surface area contributed by atoms with Gasteiger partial charge in [0, 0.05) is 28.4 Å². The van der Waals surface area contributed by atoms with E-state index in [0.717, 1.165) is 15.7 Å². The molecule has 0 bridgehead atoms. The molecule has 21 heavy (non-hydrogen) atoms. The summed E-state index contributed by atoms with van der Waals surface area (Å²) in [6.07, 6.45) is 0. The summed E-state index contributed by atoms with van der Waals surface area (Å²) in [5.74, 6) is 0.374. The first-order chi connectivity index (χ1) is 10.2. The molecule has 0 saturated heterocycles. The number of aliphatic hydroxyl groups excluding tert-OH is 1. The highest BCUT2D eigenvalue weighted by Crippen LogP contribution is 2.33. The van der Waals surface area contributed by atoms with Crippen LogP contribution in [0.25, 0.3) is 10.8 Å². The molecule has 0 radical (unpaired) electrons. The molecule has 1 N–H and O–H groups in total. The molecule has 3 nitrogen and oxygen atoms in total. The van der Waals surface area contributed by atoms with Gasteiger partial charge in [0.25, 0.3) is 0 Å². The fourth-order valence-electron chi connectivity index (χ4n) is 2.19. The second-order valence-corrected chi connectivity index (χ2v) is 6.00. The maximum absolute atomic E-state index is 12.1. The number of likely N-dealkylation sites (N-methyl/N-ethyl adjacent to an activating group) is 1. The van der Waals surface area contributed by atoms with Crippen LogP contribution in [-0.2, 0) is 4.79 Å². The Bertz CT molecular complexity index is 627. The van der Waals surface area contributed by atoms with Crippen LogP contribution in [0.4, 0.5) is 0 Å². The van der Waals surface area contributed by atoms with E-state index in [1.807, 2.05) is 43.3 Å². The number of amides is 1. The minimum Gasteiger partial charge on any atom is -0.395 e. The van der Waals surface area contributed by atoms with Gasteiger partial charge in [-0.3, -0.25) is 4.79 Å². The normalized spacial score (nSPS) is 10.8. The van der Waals surface area contributed by atoms with Crippen LogP contribution in [0.3, 0.4) is 0 Å². The summed E-state index contributed by atoms with van der Waals surface area (Å²) in [4.78, 5) is 14.8. The second-order valence-electron chi connectivity index (χ2n) is 4.58. The van der Waals surface area contributed by atoms with E-state index in [4.69, 9.17) is 16.7 Å². The maximum atomic E-state index is 12.1. The Balaban J connectivity index is 2.15. The average molecular weight is 324 g/mol. The minimum atomic E-state index is -0.00958. The van der Waals surface area contributed by atoms with Gasteiger partial charge >= 0.3 is 0 Å². The van der Waals surface area contributed by atoms with Gasteiger partial charge in [-0.1, -0.05) is 35.9 Å². The molecule has 0 saturated carbocycles. The zero-order valence-electron chi connectivity index (χ0n) is 11.9. The fourth-order valence-corrected chi connectivity index (χ4v) is 3.54. The molecule has 1 amide bonds. The molecule has 0 heterocycles. The van der Waals surface area contributed by atoms with E-state index in [0.29, 0.717) is 23.9 Å². The zero-order chi connectivity index (χ0) is 15.2. The number of hydrogen-bond acceptors (Lipinski definition) is 3. The van der Waals surface area contributed by atoms with E-state index in [9.17, 15) is 4.79 Å². The van der Waals surface area contributed by atoms with Crippen molar-refractivity contribution in [1.29, 1.82) is 0 Å². The number of thioether (sulfide) groups is 1. The van der Waals surface area contributed by atoms with Crippen molar-refractivity contribution in [2.45, 2.75) is 11.8 Å². The number of carbonyl (C=O) groups is 1. The van der Waals surface area contributed by atoms with Gasteiger partial charge < -0.3 is 10.0 Å². The second kappa shape index (κ2) is 7.69. The lowest BCUT2D eigenvalue weighted by Crippen LogP contribution is -2.34. The Morgan fingerprint density at radius 1 is 1.29 bits per heavy atom. The summed E-state index contributed by atoms with van der Waals surface area (Å²) < 4.78 is 0. The molecular weight excluding hydrogens is 306 g/mol. The number of nitrogens with zero attached hydrogens (tertiary/aromatic N) is 1. The van der Waals surface area contributed by atoms with Gasteiger partial charge in [0.2, 0.25) is 5.91 Å². The van der Waals surface area contributed by atoms with Crippen LogP contribution in [0.15, 0.2) is 41.3 Å². The first kappa shape index (κ1) is 16.1. The first-order valence-corrected chi connectivity index (χ1v) is 8.22. The third kappa shape index (κ3) is 3.90. The van der Waals surface area contributed by atoms with Gasteiger partial charge in [-0.15, -0.1) is 11.8 Å². The molecule has 0 unspecified atom stereocenters. The third-order valence-corrected chi connectivity index (χ3v) is 4.63. The Labute approximate surface area is 133 Å². The molecule has 0 aromatic heterocycles. The van der Waals surface area contributed by atoms with E-state index in [1.54, 1.807) is 4.90 Å². The van der Waals surface area contributed by atoms with Crippen LogP contribution in [0.5, 0.6) is 0 Å². The van der Waals surface area contributed by atoms with Crippen molar-refractivity contribution in [3.05, 3.63) is 41.4 Å². The van der Waals surface area contributed by atoms with Gasteiger partial charge in [-0.05, 0) is 24.4 Å². The van der Waals surface area contributed by atoms with E-state index in [1.165, 1.54) is 11.8 Å². The van der Waals surface area contributed by atoms with Crippen LogP contribution in [0, 0.1) is 0 Å². The quantitative estimate of drug-likeness (QED) is 0.828. The smallest absolute Gasteiger partial charge is 0.233 e. The SMILES string of the molecule is CCN(CCO)C(=O)CSc1cccc2cccc(Cl)c12.